The minimum Gasteiger partial charge on any atom is -0.393 e. The van der Waals surface area contributed by atoms with Gasteiger partial charge in [0.05, 0.1) is 12.2 Å². The van der Waals surface area contributed by atoms with Crippen LogP contribution in [0.2, 0.25) is 0 Å². The Labute approximate surface area is 60.6 Å². The second-order valence-electron chi connectivity index (χ2n) is 2.85. The topological polar surface area (TPSA) is 49.7 Å². The maximum absolute atomic E-state index is 9.53. The molecule has 3 heteroatoms. The lowest BCUT2D eigenvalue weighted by atomic mass is 9.96. The molecule has 0 radical (unpaired) electrons. The normalized spacial score (nSPS) is 35.4. The molecule has 1 unspecified atom stereocenters. The van der Waals surface area contributed by atoms with Gasteiger partial charge in [0.15, 0.2) is 0 Å². The van der Waals surface area contributed by atoms with Gasteiger partial charge < -0.3 is 14.9 Å². The van der Waals surface area contributed by atoms with Gasteiger partial charge in [0.1, 0.15) is 0 Å². The van der Waals surface area contributed by atoms with E-state index in [9.17, 15) is 5.11 Å². The van der Waals surface area contributed by atoms with Gasteiger partial charge in [-0.25, -0.2) is 0 Å². The highest BCUT2D eigenvalue weighted by molar-refractivity contribution is 4.78. The minimum absolute atomic E-state index is 0.143. The number of rotatable bonds is 1. The van der Waals surface area contributed by atoms with E-state index in [2.05, 4.69) is 0 Å². The van der Waals surface area contributed by atoms with Crippen molar-refractivity contribution in [3.63, 3.8) is 0 Å². The van der Waals surface area contributed by atoms with Crippen LogP contribution in [0.15, 0.2) is 0 Å². The molecule has 1 atom stereocenters. The molecule has 0 saturated carbocycles. The van der Waals surface area contributed by atoms with Crippen LogP contribution in [0.1, 0.15) is 19.3 Å². The first-order valence-corrected chi connectivity index (χ1v) is 3.68. The van der Waals surface area contributed by atoms with E-state index in [-0.39, 0.29) is 6.61 Å². The molecule has 0 spiro atoms. The van der Waals surface area contributed by atoms with Gasteiger partial charge in [0, 0.05) is 19.6 Å². The zero-order valence-electron chi connectivity index (χ0n) is 6.05. The number of aliphatic hydroxyl groups excluding tert-OH is 1. The third kappa shape index (κ3) is 1.94. The van der Waals surface area contributed by atoms with Crippen LogP contribution < -0.4 is 0 Å². The summed E-state index contributed by atoms with van der Waals surface area (Å²) >= 11 is 0. The van der Waals surface area contributed by atoms with E-state index in [1.54, 1.807) is 0 Å². The molecule has 0 aromatic rings. The Morgan fingerprint density at radius 1 is 1.30 bits per heavy atom. The SMILES string of the molecule is OCC1(O)CCCOCC1. The van der Waals surface area contributed by atoms with Gasteiger partial charge in [0.2, 0.25) is 0 Å². The molecule has 0 amide bonds. The summed E-state index contributed by atoms with van der Waals surface area (Å²) in [4.78, 5) is 0. The maximum Gasteiger partial charge on any atom is 0.0900 e. The number of ether oxygens (including phenoxy) is 1. The summed E-state index contributed by atoms with van der Waals surface area (Å²) in [6.07, 6.45) is 2.06. The van der Waals surface area contributed by atoms with Crippen molar-refractivity contribution >= 4 is 0 Å². The molecule has 1 aliphatic rings. The van der Waals surface area contributed by atoms with Crippen molar-refractivity contribution in [2.24, 2.45) is 0 Å². The van der Waals surface area contributed by atoms with E-state index in [1.165, 1.54) is 0 Å². The van der Waals surface area contributed by atoms with Crippen molar-refractivity contribution in [3.8, 4) is 0 Å². The summed E-state index contributed by atoms with van der Waals surface area (Å²) < 4.78 is 5.12. The fraction of sp³-hybridized carbons (Fsp3) is 1.00. The molecule has 1 rings (SSSR count). The van der Waals surface area contributed by atoms with Gasteiger partial charge in [0.25, 0.3) is 0 Å². The summed E-state index contributed by atoms with van der Waals surface area (Å²) in [5.41, 5.74) is -0.865. The first kappa shape index (κ1) is 7.98. The average Bonchev–Trinajstić information content (AvgIpc) is 2.15. The van der Waals surface area contributed by atoms with Gasteiger partial charge in [-0.05, 0) is 12.8 Å². The van der Waals surface area contributed by atoms with Crippen LogP contribution >= 0.6 is 0 Å². The van der Waals surface area contributed by atoms with Gasteiger partial charge in [-0.3, -0.25) is 0 Å². The van der Waals surface area contributed by atoms with Crippen LogP contribution in [-0.2, 0) is 4.74 Å². The van der Waals surface area contributed by atoms with Crippen molar-refractivity contribution in [2.75, 3.05) is 19.8 Å². The van der Waals surface area contributed by atoms with Crippen LogP contribution in [-0.4, -0.2) is 35.6 Å². The van der Waals surface area contributed by atoms with Crippen LogP contribution in [0.4, 0.5) is 0 Å². The molecule has 0 aliphatic carbocycles. The van der Waals surface area contributed by atoms with Gasteiger partial charge >= 0.3 is 0 Å². The highest BCUT2D eigenvalue weighted by atomic mass is 16.5. The summed E-state index contributed by atoms with van der Waals surface area (Å²) in [6.45, 7) is 1.13. The number of aliphatic hydroxyl groups is 2. The molecule has 1 saturated heterocycles. The van der Waals surface area contributed by atoms with E-state index in [1.807, 2.05) is 0 Å². The van der Waals surface area contributed by atoms with Gasteiger partial charge in [-0.2, -0.15) is 0 Å². The van der Waals surface area contributed by atoms with Crippen LogP contribution in [0.5, 0.6) is 0 Å². The Bertz CT molecular complexity index is 95.0. The second kappa shape index (κ2) is 3.32. The van der Waals surface area contributed by atoms with Gasteiger partial charge in [-0.15, -0.1) is 0 Å². The Morgan fingerprint density at radius 2 is 2.10 bits per heavy atom. The summed E-state index contributed by atoms with van der Waals surface area (Å²) in [7, 11) is 0. The lowest BCUT2D eigenvalue weighted by Crippen LogP contribution is -2.33. The van der Waals surface area contributed by atoms with E-state index in [0.717, 1.165) is 6.42 Å². The fourth-order valence-electron chi connectivity index (χ4n) is 1.15. The molecule has 3 nitrogen and oxygen atoms in total. The van der Waals surface area contributed by atoms with E-state index in [4.69, 9.17) is 9.84 Å². The lowest BCUT2D eigenvalue weighted by molar-refractivity contribution is -0.0292. The molecule has 1 fully saturated rings. The molecule has 0 aromatic heterocycles. The largest absolute Gasteiger partial charge is 0.393 e. The Hall–Kier alpha value is -0.120. The molecule has 10 heavy (non-hydrogen) atoms. The number of hydrogen-bond donors (Lipinski definition) is 2. The zero-order chi connectivity index (χ0) is 7.45. The lowest BCUT2D eigenvalue weighted by Gasteiger charge is -2.22. The van der Waals surface area contributed by atoms with E-state index >= 15 is 0 Å². The highest BCUT2D eigenvalue weighted by Crippen LogP contribution is 2.19. The van der Waals surface area contributed by atoms with Crippen molar-refractivity contribution in [2.45, 2.75) is 24.9 Å². The quantitative estimate of drug-likeness (QED) is 0.543. The van der Waals surface area contributed by atoms with Crippen molar-refractivity contribution < 1.29 is 14.9 Å². The predicted molar refractivity (Wildman–Crippen MR) is 36.7 cm³/mol. The highest BCUT2D eigenvalue weighted by Gasteiger charge is 2.26. The van der Waals surface area contributed by atoms with Crippen molar-refractivity contribution in [3.05, 3.63) is 0 Å². The summed E-state index contributed by atoms with van der Waals surface area (Å²) in [5, 5.41) is 18.3. The monoisotopic (exact) mass is 146 g/mol. The molecule has 60 valence electrons. The fourth-order valence-corrected chi connectivity index (χ4v) is 1.15. The Morgan fingerprint density at radius 3 is 2.80 bits per heavy atom. The molecule has 2 N–H and O–H groups in total. The third-order valence-electron chi connectivity index (χ3n) is 1.94. The van der Waals surface area contributed by atoms with E-state index < -0.39 is 5.60 Å². The zero-order valence-corrected chi connectivity index (χ0v) is 6.05. The smallest absolute Gasteiger partial charge is 0.0900 e. The summed E-state index contributed by atoms with van der Waals surface area (Å²) in [6, 6.07) is 0. The molecular weight excluding hydrogens is 132 g/mol. The standard InChI is InChI=1S/C7H14O3/c8-6-7(9)2-1-4-10-5-3-7/h8-9H,1-6H2. The molecule has 1 heterocycles. The maximum atomic E-state index is 9.53. The second-order valence-corrected chi connectivity index (χ2v) is 2.85. The van der Waals surface area contributed by atoms with Crippen LogP contribution in [0.25, 0.3) is 0 Å². The van der Waals surface area contributed by atoms with Gasteiger partial charge in [-0.1, -0.05) is 0 Å². The average molecular weight is 146 g/mol. The van der Waals surface area contributed by atoms with Crippen LogP contribution in [0.3, 0.4) is 0 Å². The Kier molecular flexibility index (Phi) is 2.65. The first-order valence-electron chi connectivity index (χ1n) is 3.68. The minimum atomic E-state index is -0.865. The predicted octanol–water partition coefficient (Wildman–Crippen LogP) is -0.0897. The molecular formula is C7H14O3. The Balaban J connectivity index is 2.41. The van der Waals surface area contributed by atoms with Crippen molar-refractivity contribution in [1.29, 1.82) is 0 Å². The molecule has 0 bridgehead atoms. The summed E-state index contributed by atoms with van der Waals surface area (Å²) in [5.74, 6) is 0. The van der Waals surface area contributed by atoms with E-state index in [0.29, 0.717) is 26.1 Å². The van der Waals surface area contributed by atoms with Crippen LogP contribution in [0, 0.1) is 0 Å². The third-order valence-corrected chi connectivity index (χ3v) is 1.94. The molecule has 0 aromatic carbocycles. The molecule has 1 aliphatic heterocycles. The van der Waals surface area contributed by atoms with Crippen molar-refractivity contribution in [1.82, 2.24) is 0 Å². The number of hydrogen-bond acceptors (Lipinski definition) is 3. The first-order chi connectivity index (χ1) is 4.77.